The highest BCUT2D eigenvalue weighted by molar-refractivity contribution is 7.89. The molecule has 0 spiro atoms. The predicted octanol–water partition coefficient (Wildman–Crippen LogP) is 4.33. The van der Waals surface area contributed by atoms with Gasteiger partial charge in [0.05, 0.1) is 27.7 Å². The average molecular weight is 628 g/mol. The van der Waals surface area contributed by atoms with Gasteiger partial charge in [-0.2, -0.15) is 5.10 Å². The van der Waals surface area contributed by atoms with Crippen molar-refractivity contribution in [2.24, 2.45) is 0 Å². The smallest absolute Gasteiger partial charge is 0.420 e. The molecule has 2 rings (SSSR count). The molecule has 0 fully saturated rings. The molecule has 0 saturated heterocycles. The molecule has 15 heteroatoms. The number of hydrogen-bond acceptors (Lipinski definition) is 9. The van der Waals surface area contributed by atoms with Crippen molar-refractivity contribution in [2.45, 2.75) is 84.1 Å². The summed E-state index contributed by atoms with van der Waals surface area (Å²) in [6.45, 7) is 12.1. The zero-order chi connectivity index (χ0) is 32.4. The Hall–Kier alpha value is -3.49. The summed E-state index contributed by atoms with van der Waals surface area (Å²) in [5.74, 6) is -0.696. The molecule has 0 bridgehead atoms. The fraction of sp³-hybridized carbons (Fsp3) is 0.519. The number of ether oxygens (including phenoxy) is 2. The van der Waals surface area contributed by atoms with Crippen LogP contribution in [0.4, 0.5) is 15.3 Å². The van der Waals surface area contributed by atoms with E-state index in [4.69, 9.17) is 21.1 Å². The second-order valence-corrected chi connectivity index (χ2v) is 14.2. The van der Waals surface area contributed by atoms with Crippen molar-refractivity contribution in [3.8, 4) is 0 Å². The number of aromatic nitrogens is 2. The molecule has 1 atom stereocenters. The number of nitrogens with zero attached hydrogens (tertiary/aromatic N) is 4. The van der Waals surface area contributed by atoms with Crippen molar-refractivity contribution in [3.05, 3.63) is 50.9 Å². The zero-order valence-corrected chi connectivity index (χ0v) is 27.0. The van der Waals surface area contributed by atoms with Crippen LogP contribution >= 0.6 is 11.6 Å². The summed E-state index contributed by atoms with van der Waals surface area (Å²) >= 11 is 6.31. The number of carbonyl (C=O) groups excluding carboxylic acids is 3. The number of aryl methyl sites for hydroxylation is 1. The fourth-order valence-corrected chi connectivity index (χ4v) is 5.03. The second-order valence-electron chi connectivity index (χ2n) is 11.7. The van der Waals surface area contributed by atoms with Crippen LogP contribution in [0.1, 0.15) is 65.6 Å². The van der Waals surface area contributed by atoms with E-state index in [9.17, 15) is 27.6 Å². The molecule has 42 heavy (non-hydrogen) atoms. The minimum absolute atomic E-state index is 0.00701. The predicted molar refractivity (Wildman–Crippen MR) is 157 cm³/mol. The van der Waals surface area contributed by atoms with Gasteiger partial charge < -0.3 is 14.8 Å². The maximum atomic E-state index is 13.5. The Morgan fingerprint density at radius 2 is 1.57 bits per heavy atom. The molecule has 232 valence electrons. The van der Waals surface area contributed by atoms with Crippen molar-refractivity contribution >= 4 is 45.4 Å². The molecule has 0 saturated carbocycles. The van der Waals surface area contributed by atoms with Gasteiger partial charge in [0.25, 0.3) is 5.56 Å². The van der Waals surface area contributed by atoms with Crippen molar-refractivity contribution in [3.63, 3.8) is 0 Å². The van der Waals surface area contributed by atoms with Crippen LogP contribution in [0.25, 0.3) is 0 Å². The molecule has 0 aliphatic carbocycles. The molecule has 1 N–H and O–H groups in total. The van der Waals surface area contributed by atoms with Crippen LogP contribution in [0.15, 0.2) is 34.1 Å². The van der Waals surface area contributed by atoms with Crippen LogP contribution in [0.2, 0.25) is 5.02 Å². The van der Waals surface area contributed by atoms with Crippen LogP contribution in [-0.2, 0) is 30.8 Å². The first kappa shape index (κ1) is 34.7. The Morgan fingerprint density at radius 3 is 2.05 bits per heavy atom. The SMILES string of the molecule is Cc1ccc(NC(=O)Cn2ncc(Cl)c([C@@H](C)N(C(=O)OC(C)(C)C)C(=O)OC(C)(C)C)c2=O)cc1S(=O)(=O)N(C)C. The summed E-state index contributed by atoms with van der Waals surface area (Å²) in [5, 5.41) is 6.33. The van der Waals surface area contributed by atoms with E-state index in [0.29, 0.717) is 10.5 Å². The number of rotatable bonds is 7. The Labute approximate surface area is 250 Å². The lowest BCUT2D eigenvalue weighted by atomic mass is 10.1. The molecule has 1 heterocycles. The summed E-state index contributed by atoms with van der Waals surface area (Å²) in [6, 6.07) is 3.10. The van der Waals surface area contributed by atoms with Crippen LogP contribution in [0.3, 0.4) is 0 Å². The van der Waals surface area contributed by atoms with Gasteiger partial charge in [0.15, 0.2) is 0 Å². The maximum Gasteiger partial charge on any atom is 0.420 e. The number of sulfonamides is 1. The van der Waals surface area contributed by atoms with Crippen LogP contribution in [0, 0.1) is 6.92 Å². The molecular formula is C27H38ClN5O8S. The molecule has 0 aliphatic heterocycles. The van der Waals surface area contributed by atoms with Gasteiger partial charge in [-0.1, -0.05) is 17.7 Å². The van der Waals surface area contributed by atoms with Gasteiger partial charge in [-0.25, -0.2) is 31.9 Å². The van der Waals surface area contributed by atoms with Crippen molar-refractivity contribution < 1.29 is 32.3 Å². The third-order valence-corrected chi connectivity index (χ3v) is 7.80. The van der Waals surface area contributed by atoms with Crippen molar-refractivity contribution in [2.75, 3.05) is 19.4 Å². The standard InChI is InChI=1S/C27H38ClN5O8S/c1-16-11-12-18(13-20(16)42(38,39)31(9)10)30-21(34)15-32-23(35)22(19(28)14-29-32)17(2)33(24(36)40-26(3,4)5)25(37)41-27(6,7)8/h11-14,17H,15H2,1-10H3,(H,30,34)/t17-/m1/s1. The molecule has 1 aromatic carbocycles. The molecule has 0 unspecified atom stereocenters. The molecule has 0 radical (unpaired) electrons. The van der Waals surface area contributed by atoms with Gasteiger partial charge in [-0.3, -0.25) is 9.59 Å². The topological polar surface area (TPSA) is 157 Å². The van der Waals surface area contributed by atoms with Gasteiger partial charge in [-0.05, 0) is 73.1 Å². The number of halogens is 1. The Kier molecular flexibility index (Phi) is 10.6. The van der Waals surface area contributed by atoms with Gasteiger partial charge >= 0.3 is 12.2 Å². The fourth-order valence-electron chi connectivity index (χ4n) is 3.61. The highest BCUT2D eigenvalue weighted by Crippen LogP contribution is 2.28. The Bertz CT molecular complexity index is 1500. The summed E-state index contributed by atoms with van der Waals surface area (Å²) in [7, 11) is -0.992. The number of hydrogen-bond donors (Lipinski definition) is 1. The lowest BCUT2D eigenvalue weighted by Gasteiger charge is -2.32. The molecule has 3 amide bonds. The molecular weight excluding hydrogens is 590 g/mol. The van der Waals surface area contributed by atoms with Crippen LogP contribution in [-0.4, -0.2) is 70.8 Å². The Morgan fingerprint density at radius 1 is 1.05 bits per heavy atom. The van der Waals surface area contributed by atoms with E-state index in [1.807, 2.05) is 0 Å². The van der Waals surface area contributed by atoms with E-state index in [1.54, 1.807) is 54.5 Å². The van der Waals surface area contributed by atoms with E-state index >= 15 is 0 Å². The summed E-state index contributed by atoms with van der Waals surface area (Å²) < 4.78 is 37.9. The number of imide groups is 1. The van der Waals surface area contributed by atoms with E-state index in [1.165, 1.54) is 33.2 Å². The lowest BCUT2D eigenvalue weighted by Crippen LogP contribution is -2.46. The minimum atomic E-state index is -3.78. The van der Waals surface area contributed by atoms with E-state index in [2.05, 4.69) is 10.4 Å². The van der Waals surface area contributed by atoms with Gasteiger partial charge in [0, 0.05) is 19.8 Å². The highest BCUT2D eigenvalue weighted by atomic mass is 35.5. The number of carbonyl (C=O) groups is 3. The summed E-state index contributed by atoms with van der Waals surface area (Å²) in [5.41, 5.74) is -2.33. The van der Waals surface area contributed by atoms with Gasteiger partial charge in [-0.15, -0.1) is 0 Å². The molecule has 1 aromatic heterocycles. The van der Waals surface area contributed by atoms with Gasteiger partial charge in [0.1, 0.15) is 17.7 Å². The first-order chi connectivity index (χ1) is 19.0. The zero-order valence-electron chi connectivity index (χ0n) is 25.4. The average Bonchev–Trinajstić information content (AvgIpc) is 2.79. The van der Waals surface area contributed by atoms with E-state index in [-0.39, 0.29) is 21.2 Å². The first-order valence-corrected chi connectivity index (χ1v) is 14.7. The second kappa shape index (κ2) is 12.8. The monoisotopic (exact) mass is 627 g/mol. The largest absolute Gasteiger partial charge is 0.443 e. The lowest BCUT2D eigenvalue weighted by molar-refractivity contribution is -0.117. The van der Waals surface area contributed by atoms with Gasteiger partial charge in [0.2, 0.25) is 15.9 Å². The first-order valence-electron chi connectivity index (χ1n) is 12.9. The summed E-state index contributed by atoms with van der Waals surface area (Å²) in [6.07, 6.45) is -1.02. The van der Waals surface area contributed by atoms with Crippen LogP contribution in [0.5, 0.6) is 0 Å². The van der Waals surface area contributed by atoms with E-state index < -0.39 is 57.5 Å². The normalized spacial score (nSPS) is 13.0. The molecule has 0 aliphatic rings. The van der Waals surface area contributed by atoms with Crippen molar-refractivity contribution in [1.82, 2.24) is 19.0 Å². The maximum absolute atomic E-state index is 13.5. The number of benzene rings is 1. The Balaban J connectivity index is 2.44. The number of nitrogens with one attached hydrogen (secondary N) is 1. The number of amides is 3. The van der Waals surface area contributed by atoms with E-state index in [0.717, 1.165) is 15.2 Å². The quantitative estimate of drug-likeness (QED) is 0.472. The minimum Gasteiger partial charge on any atom is -0.443 e. The highest BCUT2D eigenvalue weighted by Gasteiger charge is 2.37. The molecule has 2 aromatic rings. The molecule has 13 nitrogen and oxygen atoms in total. The summed E-state index contributed by atoms with van der Waals surface area (Å²) in [4.78, 5) is 53.2. The third-order valence-electron chi connectivity index (χ3n) is 5.54. The number of anilines is 1. The third kappa shape index (κ3) is 8.76. The van der Waals surface area contributed by atoms with Crippen molar-refractivity contribution in [1.29, 1.82) is 0 Å². The van der Waals surface area contributed by atoms with Crippen LogP contribution < -0.4 is 10.9 Å².